The smallest absolute Gasteiger partial charge is 0.329 e. The van der Waals surface area contributed by atoms with E-state index in [1.54, 1.807) is 24.3 Å². The maximum Gasteiger partial charge on any atom is 0.329 e. The summed E-state index contributed by atoms with van der Waals surface area (Å²) in [5, 5.41) is 5.10. The van der Waals surface area contributed by atoms with Crippen molar-refractivity contribution in [1.29, 1.82) is 0 Å². The van der Waals surface area contributed by atoms with E-state index < -0.39 is 12.0 Å². The number of thiazole rings is 1. The fraction of sp³-hybridized carbons (Fsp3) is 0.333. The third-order valence-electron chi connectivity index (χ3n) is 4.85. The second-order valence-electron chi connectivity index (χ2n) is 7.03. The highest BCUT2D eigenvalue weighted by atomic mass is 35.5. The minimum absolute atomic E-state index is 0.144. The molecule has 1 aromatic carbocycles. The van der Waals surface area contributed by atoms with Gasteiger partial charge in [0.2, 0.25) is 0 Å². The average molecular weight is 448 g/mol. The van der Waals surface area contributed by atoms with Crippen molar-refractivity contribution < 1.29 is 14.3 Å². The number of ether oxygens (including phenoxy) is 1. The van der Waals surface area contributed by atoms with Gasteiger partial charge >= 0.3 is 5.97 Å². The average Bonchev–Trinajstić information content (AvgIpc) is 3.11. The SMILES string of the molecule is CCC(C)C(NC(=O)c1ccc(Cl)cc1)C(=O)OCc1cc(=O)n2c(C)csc2n1. The maximum atomic E-state index is 12.7. The van der Waals surface area contributed by atoms with Gasteiger partial charge in [-0.05, 0) is 37.1 Å². The lowest BCUT2D eigenvalue weighted by molar-refractivity contribution is -0.148. The Balaban J connectivity index is 1.71. The van der Waals surface area contributed by atoms with Crippen LogP contribution in [0.4, 0.5) is 0 Å². The highest BCUT2D eigenvalue weighted by Crippen LogP contribution is 2.15. The Labute approximate surface area is 182 Å². The van der Waals surface area contributed by atoms with Gasteiger partial charge in [-0.1, -0.05) is 31.9 Å². The van der Waals surface area contributed by atoms with E-state index >= 15 is 0 Å². The minimum atomic E-state index is -0.827. The first-order valence-electron chi connectivity index (χ1n) is 9.50. The maximum absolute atomic E-state index is 12.7. The van der Waals surface area contributed by atoms with Crippen LogP contribution in [0.15, 0.2) is 40.5 Å². The second-order valence-corrected chi connectivity index (χ2v) is 8.31. The Hall–Kier alpha value is -2.71. The zero-order valence-electron chi connectivity index (χ0n) is 16.8. The predicted molar refractivity (Wildman–Crippen MR) is 116 cm³/mol. The number of carbonyl (C=O) groups excluding carboxylic acids is 2. The fourth-order valence-corrected chi connectivity index (χ4v) is 3.92. The third-order valence-corrected chi connectivity index (χ3v) is 6.05. The number of nitrogens with one attached hydrogen (secondary N) is 1. The molecule has 0 aliphatic rings. The lowest BCUT2D eigenvalue weighted by atomic mass is 9.99. The van der Waals surface area contributed by atoms with Crippen LogP contribution in [0.3, 0.4) is 0 Å². The number of aromatic nitrogens is 2. The van der Waals surface area contributed by atoms with Crippen LogP contribution in [-0.2, 0) is 16.1 Å². The molecule has 1 N–H and O–H groups in total. The number of aryl methyl sites for hydroxylation is 1. The molecule has 1 amide bonds. The molecule has 3 rings (SSSR count). The summed E-state index contributed by atoms with van der Waals surface area (Å²) in [7, 11) is 0. The molecule has 3 aromatic rings. The van der Waals surface area contributed by atoms with E-state index in [2.05, 4.69) is 10.3 Å². The molecule has 2 aromatic heterocycles. The molecule has 0 aliphatic heterocycles. The van der Waals surface area contributed by atoms with Gasteiger partial charge in [0.1, 0.15) is 12.6 Å². The Morgan fingerprint density at radius 1 is 1.30 bits per heavy atom. The summed E-state index contributed by atoms with van der Waals surface area (Å²) in [5.74, 6) is -1.11. The zero-order chi connectivity index (χ0) is 21.8. The monoisotopic (exact) mass is 447 g/mol. The normalized spacial score (nSPS) is 13.1. The number of hydrogen-bond acceptors (Lipinski definition) is 6. The Kier molecular flexibility index (Phi) is 6.89. The number of hydrogen-bond donors (Lipinski definition) is 1. The molecule has 0 saturated carbocycles. The zero-order valence-corrected chi connectivity index (χ0v) is 18.4. The van der Waals surface area contributed by atoms with Crippen LogP contribution >= 0.6 is 22.9 Å². The Morgan fingerprint density at radius 3 is 2.67 bits per heavy atom. The van der Waals surface area contributed by atoms with Crippen molar-refractivity contribution in [1.82, 2.24) is 14.7 Å². The van der Waals surface area contributed by atoms with Gasteiger partial charge < -0.3 is 10.1 Å². The second kappa shape index (κ2) is 9.40. The standard InChI is InChI=1S/C21H22ClN3O4S/c1-4-12(2)18(24-19(27)14-5-7-15(22)8-6-14)20(28)29-10-16-9-17(26)25-13(3)11-30-21(25)23-16/h5-9,11-12,18H,4,10H2,1-3H3,(H,24,27). The van der Waals surface area contributed by atoms with E-state index in [1.165, 1.54) is 21.8 Å². The van der Waals surface area contributed by atoms with Gasteiger partial charge in [0.05, 0.1) is 5.69 Å². The van der Waals surface area contributed by atoms with E-state index in [-0.39, 0.29) is 24.0 Å². The molecular weight excluding hydrogens is 426 g/mol. The van der Waals surface area contributed by atoms with Crippen LogP contribution in [-0.4, -0.2) is 27.3 Å². The first-order valence-corrected chi connectivity index (χ1v) is 10.8. The molecule has 0 radical (unpaired) electrons. The van der Waals surface area contributed by atoms with Crippen LogP contribution in [0, 0.1) is 12.8 Å². The van der Waals surface area contributed by atoms with Gasteiger partial charge in [-0.25, -0.2) is 9.78 Å². The molecule has 0 bridgehead atoms. The van der Waals surface area contributed by atoms with Crippen molar-refractivity contribution in [3.63, 3.8) is 0 Å². The van der Waals surface area contributed by atoms with E-state index in [9.17, 15) is 14.4 Å². The topological polar surface area (TPSA) is 89.8 Å². The van der Waals surface area contributed by atoms with Crippen molar-refractivity contribution in [2.75, 3.05) is 0 Å². The van der Waals surface area contributed by atoms with Gasteiger partial charge in [-0.3, -0.25) is 14.0 Å². The highest BCUT2D eigenvalue weighted by Gasteiger charge is 2.28. The van der Waals surface area contributed by atoms with E-state index in [0.717, 1.165) is 5.69 Å². The Morgan fingerprint density at radius 2 is 2.00 bits per heavy atom. The molecule has 158 valence electrons. The third kappa shape index (κ3) is 4.88. The first-order chi connectivity index (χ1) is 14.3. The lowest BCUT2D eigenvalue weighted by Gasteiger charge is -2.22. The van der Waals surface area contributed by atoms with Crippen molar-refractivity contribution in [2.24, 2.45) is 5.92 Å². The van der Waals surface area contributed by atoms with E-state index in [0.29, 0.717) is 27.7 Å². The summed E-state index contributed by atoms with van der Waals surface area (Å²) in [6, 6.07) is 6.93. The number of nitrogens with zero attached hydrogens (tertiary/aromatic N) is 2. The van der Waals surface area contributed by atoms with Crippen LogP contribution in [0.1, 0.15) is 42.0 Å². The van der Waals surface area contributed by atoms with Crippen LogP contribution in [0.25, 0.3) is 4.96 Å². The molecule has 7 nitrogen and oxygen atoms in total. The highest BCUT2D eigenvalue weighted by molar-refractivity contribution is 7.15. The van der Waals surface area contributed by atoms with Gasteiger partial charge in [0.25, 0.3) is 11.5 Å². The quantitative estimate of drug-likeness (QED) is 0.559. The predicted octanol–water partition coefficient (Wildman–Crippen LogP) is 3.61. The van der Waals surface area contributed by atoms with Crippen molar-refractivity contribution in [3.8, 4) is 0 Å². The summed E-state index contributed by atoms with van der Waals surface area (Å²) >= 11 is 7.20. The largest absolute Gasteiger partial charge is 0.458 e. The summed E-state index contributed by atoms with van der Waals surface area (Å²) < 4.78 is 6.90. The van der Waals surface area contributed by atoms with Crippen LogP contribution in [0.5, 0.6) is 0 Å². The molecule has 0 aliphatic carbocycles. The fourth-order valence-electron chi connectivity index (χ4n) is 2.90. The first kappa shape index (κ1) is 22.0. The summed E-state index contributed by atoms with van der Waals surface area (Å²) in [6.45, 7) is 5.46. The van der Waals surface area contributed by atoms with Crippen molar-refractivity contribution >= 4 is 39.8 Å². The van der Waals surface area contributed by atoms with E-state index in [1.807, 2.05) is 26.2 Å². The van der Waals surface area contributed by atoms with Gasteiger partial charge in [-0.15, -0.1) is 11.3 Å². The van der Waals surface area contributed by atoms with Crippen molar-refractivity contribution in [2.45, 2.75) is 39.8 Å². The lowest BCUT2D eigenvalue weighted by Crippen LogP contribution is -2.46. The van der Waals surface area contributed by atoms with E-state index in [4.69, 9.17) is 16.3 Å². The van der Waals surface area contributed by atoms with Gasteiger partial charge in [-0.2, -0.15) is 0 Å². The molecular formula is C21H22ClN3O4S. The number of esters is 1. The molecule has 0 saturated heterocycles. The molecule has 2 atom stereocenters. The molecule has 30 heavy (non-hydrogen) atoms. The van der Waals surface area contributed by atoms with Crippen LogP contribution < -0.4 is 10.9 Å². The molecule has 9 heteroatoms. The number of halogens is 1. The van der Waals surface area contributed by atoms with Gasteiger partial charge in [0, 0.05) is 27.7 Å². The Bertz CT molecular complexity index is 1120. The molecule has 0 fully saturated rings. The molecule has 2 heterocycles. The van der Waals surface area contributed by atoms with Crippen molar-refractivity contribution in [3.05, 3.63) is 68.0 Å². The summed E-state index contributed by atoms with van der Waals surface area (Å²) in [5.41, 5.74) is 1.34. The number of amides is 1. The number of benzene rings is 1. The number of rotatable bonds is 7. The summed E-state index contributed by atoms with van der Waals surface area (Å²) in [6.07, 6.45) is 0.667. The van der Waals surface area contributed by atoms with Gasteiger partial charge in [0.15, 0.2) is 4.96 Å². The summed E-state index contributed by atoms with van der Waals surface area (Å²) in [4.78, 5) is 42.4. The molecule has 0 spiro atoms. The molecule has 2 unspecified atom stereocenters. The van der Waals surface area contributed by atoms with Crippen LogP contribution in [0.2, 0.25) is 5.02 Å². The number of fused-ring (bicyclic) bond motifs is 1. The minimum Gasteiger partial charge on any atom is -0.458 e. The number of carbonyl (C=O) groups is 2.